The van der Waals surface area contributed by atoms with Gasteiger partial charge >= 0.3 is 5.69 Å². The maximum absolute atomic E-state index is 13.8. The first-order chi connectivity index (χ1) is 17.5. The van der Waals surface area contributed by atoms with E-state index in [-0.39, 0.29) is 43.5 Å². The van der Waals surface area contributed by atoms with Crippen molar-refractivity contribution in [1.29, 1.82) is 0 Å². The van der Waals surface area contributed by atoms with Crippen molar-refractivity contribution in [2.45, 2.75) is 38.8 Å². The van der Waals surface area contributed by atoms with Gasteiger partial charge < -0.3 is 14.9 Å². The summed E-state index contributed by atoms with van der Waals surface area (Å²) in [7, 11) is 1.50. The van der Waals surface area contributed by atoms with Crippen LogP contribution in [0, 0.1) is 0 Å². The standard InChI is InChI=1S/C27H28N4O5/c1-35-11-10-30-25(28)24(26(33)29-27(30)34)31(15-17-6-3-2-4-7-17)23(32)14-20-16-36-22-13-19-9-5-8-18(19)12-21(20)22/h2-4,6-7,12-13,16H,5,8-11,14-15,28H2,1H3,(H,29,33,34). The summed E-state index contributed by atoms with van der Waals surface area (Å²) >= 11 is 0. The first kappa shape index (κ1) is 23.6. The molecule has 0 atom stereocenters. The first-order valence-electron chi connectivity index (χ1n) is 11.9. The van der Waals surface area contributed by atoms with Crippen LogP contribution in [0.3, 0.4) is 0 Å². The average Bonchev–Trinajstić information content (AvgIpc) is 3.48. The Balaban J connectivity index is 1.55. The predicted octanol–water partition coefficient (Wildman–Crippen LogP) is 2.78. The highest BCUT2D eigenvalue weighted by atomic mass is 16.5. The number of aromatic amines is 1. The number of anilines is 2. The number of carbonyl (C=O) groups is 1. The van der Waals surface area contributed by atoms with Gasteiger partial charge in [0.25, 0.3) is 5.56 Å². The highest BCUT2D eigenvalue weighted by Crippen LogP contribution is 2.31. The molecule has 0 aliphatic heterocycles. The van der Waals surface area contributed by atoms with Gasteiger partial charge in [0.15, 0.2) is 5.69 Å². The summed E-state index contributed by atoms with van der Waals surface area (Å²) in [6.45, 7) is 0.462. The van der Waals surface area contributed by atoms with Crippen molar-refractivity contribution < 1.29 is 13.9 Å². The Morgan fingerprint density at radius 2 is 1.92 bits per heavy atom. The topological polar surface area (TPSA) is 124 Å². The Bertz CT molecular complexity index is 1530. The van der Waals surface area contributed by atoms with Gasteiger partial charge in [-0.25, -0.2) is 4.79 Å². The molecular formula is C27H28N4O5. The van der Waals surface area contributed by atoms with Crippen molar-refractivity contribution in [1.82, 2.24) is 9.55 Å². The van der Waals surface area contributed by atoms with Crippen molar-refractivity contribution in [2.75, 3.05) is 24.4 Å². The maximum atomic E-state index is 13.8. The minimum atomic E-state index is -0.717. The van der Waals surface area contributed by atoms with Gasteiger partial charge in [-0.3, -0.25) is 24.0 Å². The Labute approximate surface area is 207 Å². The molecule has 0 unspecified atom stereocenters. The summed E-state index contributed by atoms with van der Waals surface area (Å²) in [6.07, 6.45) is 4.77. The smallest absolute Gasteiger partial charge is 0.330 e. The minimum Gasteiger partial charge on any atom is -0.464 e. The van der Waals surface area contributed by atoms with E-state index in [1.165, 1.54) is 27.7 Å². The molecule has 0 saturated carbocycles. The lowest BCUT2D eigenvalue weighted by atomic mass is 10.0. The summed E-state index contributed by atoms with van der Waals surface area (Å²) in [5, 5.41) is 0.899. The van der Waals surface area contributed by atoms with E-state index >= 15 is 0 Å². The fourth-order valence-corrected chi connectivity index (χ4v) is 4.84. The molecule has 9 nitrogen and oxygen atoms in total. The van der Waals surface area contributed by atoms with Crippen molar-refractivity contribution in [2.24, 2.45) is 0 Å². The Morgan fingerprint density at radius 3 is 2.67 bits per heavy atom. The number of H-pyrrole nitrogens is 1. The molecule has 2 aromatic heterocycles. The fraction of sp³-hybridized carbons (Fsp3) is 0.296. The SMILES string of the molecule is COCCn1c(N)c(N(Cc2ccccc2)C(=O)Cc2coc3cc4c(cc23)CCC4)c(=O)[nH]c1=O. The summed E-state index contributed by atoms with van der Waals surface area (Å²) in [4.78, 5) is 42.8. The number of benzene rings is 2. The molecule has 1 amide bonds. The molecule has 36 heavy (non-hydrogen) atoms. The van der Waals surface area contributed by atoms with Gasteiger partial charge in [0, 0.05) is 18.1 Å². The molecule has 1 aliphatic carbocycles. The number of carbonyl (C=O) groups excluding carboxylic acids is 1. The molecule has 2 heterocycles. The van der Waals surface area contributed by atoms with Crippen LogP contribution in [0.25, 0.3) is 11.0 Å². The lowest BCUT2D eigenvalue weighted by Crippen LogP contribution is -2.41. The molecule has 0 spiro atoms. The van der Waals surface area contributed by atoms with E-state index in [0.29, 0.717) is 0 Å². The molecule has 4 aromatic rings. The Hall–Kier alpha value is -4.11. The molecule has 3 N–H and O–H groups in total. The van der Waals surface area contributed by atoms with Gasteiger partial charge in [-0.2, -0.15) is 0 Å². The molecule has 2 aromatic carbocycles. The van der Waals surface area contributed by atoms with Gasteiger partial charge in [-0.05, 0) is 48.1 Å². The number of nitrogens with one attached hydrogen (secondary N) is 1. The molecule has 1 aliphatic rings. The van der Waals surface area contributed by atoms with Crippen LogP contribution < -0.4 is 21.9 Å². The highest BCUT2D eigenvalue weighted by molar-refractivity contribution is 5.99. The number of aromatic nitrogens is 2. The number of ether oxygens (including phenoxy) is 1. The Kier molecular flexibility index (Phi) is 6.47. The second kappa shape index (κ2) is 9.87. The van der Waals surface area contributed by atoms with Crippen LogP contribution in [0.15, 0.2) is 62.7 Å². The molecule has 0 radical (unpaired) electrons. The number of rotatable bonds is 8. The van der Waals surface area contributed by atoms with Crippen LogP contribution in [0.5, 0.6) is 0 Å². The number of nitrogen functional groups attached to an aromatic ring is 1. The highest BCUT2D eigenvalue weighted by Gasteiger charge is 2.26. The van der Waals surface area contributed by atoms with Crippen LogP contribution in [0.1, 0.15) is 28.7 Å². The number of nitrogens with two attached hydrogens (primary N) is 1. The number of hydrogen-bond donors (Lipinski definition) is 2. The zero-order valence-electron chi connectivity index (χ0n) is 20.1. The first-order valence-corrected chi connectivity index (χ1v) is 11.9. The fourth-order valence-electron chi connectivity index (χ4n) is 4.84. The molecule has 5 rings (SSSR count). The summed E-state index contributed by atoms with van der Waals surface area (Å²) in [5.41, 5.74) is 9.76. The quantitative estimate of drug-likeness (QED) is 0.393. The van der Waals surface area contributed by atoms with Gasteiger partial charge in [0.05, 0.1) is 32.4 Å². The van der Waals surface area contributed by atoms with E-state index in [4.69, 9.17) is 14.9 Å². The number of aryl methyl sites for hydroxylation is 2. The lowest BCUT2D eigenvalue weighted by Gasteiger charge is -2.24. The van der Waals surface area contributed by atoms with Gasteiger partial charge in [-0.15, -0.1) is 0 Å². The molecule has 0 saturated heterocycles. The summed E-state index contributed by atoms with van der Waals surface area (Å²) in [6, 6.07) is 13.5. The number of fused-ring (bicyclic) bond motifs is 2. The van der Waals surface area contributed by atoms with Crippen LogP contribution in [-0.2, 0) is 41.9 Å². The summed E-state index contributed by atoms with van der Waals surface area (Å²) < 4.78 is 12.1. The molecular weight excluding hydrogens is 460 g/mol. The maximum Gasteiger partial charge on any atom is 0.330 e. The molecule has 186 valence electrons. The van der Waals surface area contributed by atoms with E-state index in [1.54, 1.807) is 6.26 Å². The van der Waals surface area contributed by atoms with Crippen LogP contribution in [0.2, 0.25) is 0 Å². The number of furan rings is 1. The Morgan fingerprint density at radius 1 is 1.17 bits per heavy atom. The van der Waals surface area contributed by atoms with Crippen molar-refractivity contribution in [3.63, 3.8) is 0 Å². The van der Waals surface area contributed by atoms with Gasteiger partial charge in [-0.1, -0.05) is 30.3 Å². The van der Waals surface area contributed by atoms with Crippen LogP contribution in [0.4, 0.5) is 11.5 Å². The van der Waals surface area contributed by atoms with Crippen molar-refractivity contribution >= 4 is 28.4 Å². The second-order valence-electron chi connectivity index (χ2n) is 9.01. The number of methoxy groups -OCH3 is 1. The van der Waals surface area contributed by atoms with E-state index in [0.717, 1.165) is 41.4 Å². The normalized spacial score (nSPS) is 12.7. The zero-order chi connectivity index (χ0) is 25.2. The number of amides is 1. The van der Waals surface area contributed by atoms with Gasteiger partial charge in [0.1, 0.15) is 11.4 Å². The molecule has 0 bridgehead atoms. The monoisotopic (exact) mass is 488 g/mol. The van der Waals surface area contributed by atoms with E-state index in [9.17, 15) is 14.4 Å². The van der Waals surface area contributed by atoms with Gasteiger partial charge in [0.2, 0.25) is 5.91 Å². The third kappa shape index (κ3) is 4.45. The third-order valence-electron chi connectivity index (χ3n) is 6.70. The van der Waals surface area contributed by atoms with E-state index < -0.39 is 11.2 Å². The zero-order valence-corrected chi connectivity index (χ0v) is 20.1. The average molecular weight is 489 g/mol. The number of hydrogen-bond acceptors (Lipinski definition) is 6. The largest absolute Gasteiger partial charge is 0.464 e. The van der Waals surface area contributed by atoms with Crippen molar-refractivity contribution in [3.05, 3.63) is 91.8 Å². The lowest BCUT2D eigenvalue weighted by molar-refractivity contribution is -0.118. The van der Waals surface area contributed by atoms with Crippen LogP contribution in [-0.4, -0.2) is 29.2 Å². The number of nitrogens with zero attached hydrogens (tertiary/aromatic N) is 2. The van der Waals surface area contributed by atoms with E-state index in [1.807, 2.05) is 30.3 Å². The predicted molar refractivity (Wildman–Crippen MR) is 137 cm³/mol. The van der Waals surface area contributed by atoms with Crippen molar-refractivity contribution in [3.8, 4) is 0 Å². The molecule has 0 fully saturated rings. The van der Waals surface area contributed by atoms with Crippen LogP contribution >= 0.6 is 0 Å². The molecule has 9 heteroatoms. The minimum absolute atomic E-state index is 0.00863. The third-order valence-corrected chi connectivity index (χ3v) is 6.70. The summed E-state index contributed by atoms with van der Waals surface area (Å²) in [5.74, 6) is -0.420. The second-order valence-corrected chi connectivity index (χ2v) is 9.01. The van der Waals surface area contributed by atoms with E-state index in [2.05, 4.69) is 17.1 Å².